The Morgan fingerprint density at radius 1 is 1.21 bits per heavy atom. The van der Waals surface area contributed by atoms with Gasteiger partial charge in [0.15, 0.2) is 0 Å². The highest BCUT2D eigenvalue weighted by atomic mass is 16.5. The number of rotatable bonds is 2. The second kappa shape index (κ2) is 7.71. The summed E-state index contributed by atoms with van der Waals surface area (Å²) in [7, 11) is 0. The predicted molar refractivity (Wildman–Crippen MR) is 70.7 cm³/mol. The molecule has 0 fully saturated rings. The number of esters is 1. The number of hydrogen-bond donors (Lipinski definition) is 2. The Kier molecular flexibility index (Phi) is 5.88. The van der Waals surface area contributed by atoms with Crippen LogP contribution in [0.2, 0.25) is 0 Å². The molecule has 2 rings (SSSR count). The molecule has 5 nitrogen and oxygen atoms in total. The van der Waals surface area contributed by atoms with Gasteiger partial charge in [-0.3, -0.25) is 4.79 Å². The standard InChI is InChI=1S/C9H8O4.C5H7N/c1-6(10)13-8-5-3-2-4-7(8)9(11)12;1-2-4-6-5-3-1/h2-5H,1H3,(H,11,12);2-6H,1H2. The minimum absolute atomic E-state index is 0.0160. The first-order valence-corrected chi connectivity index (χ1v) is 5.68. The zero-order chi connectivity index (χ0) is 14.1. The van der Waals surface area contributed by atoms with Crippen molar-refractivity contribution in [2.45, 2.75) is 13.3 Å². The molecule has 0 atom stereocenters. The number of carbonyl (C=O) groups excluding carboxylic acids is 1. The summed E-state index contributed by atoms with van der Waals surface area (Å²) in [4.78, 5) is 21.2. The van der Waals surface area contributed by atoms with E-state index in [1.54, 1.807) is 12.1 Å². The molecule has 0 amide bonds. The number of nitrogens with one attached hydrogen (secondary N) is 1. The molecular formula is C14H15NO4. The molecular weight excluding hydrogens is 246 g/mol. The monoisotopic (exact) mass is 261 g/mol. The first-order chi connectivity index (χ1) is 9.11. The van der Waals surface area contributed by atoms with Gasteiger partial charge in [0.05, 0.1) is 0 Å². The van der Waals surface area contributed by atoms with Gasteiger partial charge < -0.3 is 15.2 Å². The van der Waals surface area contributed by atoms with Crippen molar-refractivity contribution in [1.82, 2.24) is 5.32 Å². The van der Waals surface area contributed by atoms with Crippen molar-refractivity contribution >= 4 is 11.9 Å². The molecule has 100 valence electrons. The first-order valence-electron chi connectivity index (χ1n) is 5.68. The molecule has 1 heterocycles. The highest BCUT2D eigenvalue weighted by Gasteiger charge is 2.10. The number of carboxylic acid groups (broad SMARTS) is 1. The minimum Gasteiger partial charge on any atom is -0.478 e. The summed E-state index contributed by atoms with van der Waals surface area (Å²) in [5, 5.41) is 11.6. The minimum atomic E-state index is -1.11. The Labute approximate surface area is 111 Å². The van der Waals surface area contributed by atoms with Crippen molar-refractivity contribution < 1.29 is 19.4 Å². The van der Waals surface area contributed by atoms with Crippen LogP contribution in [0.15, 0.2) is 48.8 Å². The van der Waals surface area contributed by atoms with Gasteiger partial charge in [0.25, 0.3) is 0 Å². The van der Waals surface area contributed by atoms with Crippen LogP contribution >= 0.6 is 0 Å². The molecule has 0 aromatic heterocycles. The summed E-state index contributed by atoms with van der Waals surface area (Å²) >= 11 is 0. The average molecular weight is 261 g/mol. The molecule has 0 aliphatic carbocycles. The van der Waals surface area contributed by atoms with Gasteiger partial charge >= 0.3 is 11.9 Å². The lowest BCUT2D eigenvalue weighted by molar-refractivity contribution is -0.131. The van der Waals surface area contributed by atoms with Crippen LogP contribution in [0.1, 0.15) is 23.7 Å². The van der Waals surface area contributed by atoms with E-state index in [1.807, 2.05) is 12.4 Å². The molecule has 0 unspecified atom stereocenters. The molecule has 0 saturated heterocycles. The fourth-order valence-electron chi connectivity index (χ4n) is 1.29. The van der Waals surface area contributed by atoms with Crippen molar-refractivity contribution in [3.8, 4) is 5.75 Å². The van der Waals surface area contributed by atoms with E-state index in [-0.39, 0.29) is 11.3 Å². The number of benzene rings is 1. The molecule has 0 spiro atoms. The molecule has 0 bridgehead atoms. The van der Waals surface area contributed by atoms with E-state index in [1.165, 1.54) is 19.1 Å². The molecule has 1 aromatic rings. The predicted octanol–water partition coefficient (Wildman–Crippen LogP) is 2.32. The largest absolute Gasteiger partial charge is 0.478 e. The lowest BCUT2D eigenvalue weighted by Crippen LogP contribution is -2.06. The lowest BCUT2D eigenvalue weighted by atomic mass is 10.2. The summed E-state index contributed by atoms with van der Waals surface area (Å²) in [6.07, 6.45) is 9.08. The molecule has 1 aromatic carbocycles. The van der Waals surface area contributed by atoms with E-state index >= 15 is 0 Å². The molecule has 2 N–H and O–H groups in total. The van der Waals surface area contributed by atoms with Gasteiger partial charge in [0.1, 0.15) is 11.3 Å². The fourth-order valence-corrected chi connectivity index (χ4v) is 1.29. The van der Waals surface area contributed by atoms with Crippen LogP contribution in [0.3, 0.4) is 0 Å². The van der Waals surface area contributed by atoms with Crippen molar-refractivity contribution in [1.29, 1.82) is 0 Å². The zero-order valence-corrected chi connectivity index (χ0v) is 10.5. The van der Waals surface area contributed by atoms with Crippen LogP contribution in [0.25, 0.3) is 0 Å². The van der Waals surface area contributed by atoms with Crippen molar-refractivity contribution in [2.24, 2.45) is 0 Å². The third-order valence-electron chi connectivity index (χ3n) is 2.07. The van der Waals surface area contributed by atoms with E-state index in [2.05, 4.69) is 22.2 Å². The summed E-state index contributed by atoms with van der Waals surface area (Å²) in [5.74, 6) is -1.58. The molecule has 0 saturated carbocycles. The molecule has 1 aliphatic rings. The molecule has 19 heavy (non-hydrogen) atoms. The summed E-state index contributed by atoms with van der Waals surface area (Å²) < 4.78 is 4.69. The van der Waals surface area contributed by atoms with E-state index < -0.39 is 11.9 Å². The highest BCUT2D eigenvalue weighted by Crippen LogP contribution is 2.17. The molecule has 0 radical (unpaired) electrons. The molecule has 1 aliphatic heterocycles. The topological polar surface area (TPSA) is 75.6 Å². The Balaban J connectivity index is 0.000000250. The molecule has 5 heteroatoms. The number of hydrogen-bond acceptors (Lipinski definition) is 4. The summed E-state index contributed by atoms with van der Waals surface area (Å²) in [5.41, 5.74) is -0.0160. The number of ether oxygens (including phenoxy) is 1. The number of aromatic carboxylic acids is 1. The van der Waals surface area contributed by atoms with E-state index in [9.17, 15) is 9.59 Å². The van der Waals surface area contributed by atoms with Gasteiger partial charge in [-0.2, -0.15) is 0 Å². The van der Waals surface area contributed by atoms with Crippen molar-refractivity contribution in [2.75, 3.05) is 0 Å². The van der Waals surface area contributed by atoms with Crippen LogP contribution in [0, 0.1) is 0 Å². The van der Waals surface area contributed by atoms with Crippen LogP contribution in [-0.2, 0) is 4.79 Å². The highest BCUT2D eigenvalue weighted by molar-refractivity contribution is 5.91. The van der Waals surface area contributed by atoms with Crippen molar-refractivity contribution in [3.05, 3.63) is 54.4 Å². The summed E-state index contributed by atoms with van der Waals surface area (Å²) in [6.45, 7) is 1.22. The quantitative estimate of drug-likeness (QED) is 0.631. The Morgan fingerprint density at radius 3 is 2.26 bits per heavy atom. The number of dihydropyridines is 1. The maximum atomic E-state index is 10.6. The van der Waals surface area contributed by atoms with Gasteiger partial charge in [-0.15, -0.1) is 0 Å². The summed E-state index contributed by atoms with van der Waals surface area (Å²) in [6, 6.07) is 5.98. The van der Waals surface area contributed by atoms with Crippen LogP contribution in [-0.4, -0.2) is 17.0 Å². The number of allylic oxidation sites excluding steroid dienone is 2. The Morgan fingerprint density at radius 2 is 1.84 bits per heavy atom. The first kappa shape index (κ1) is 14.5. The van der Waals surface area contributed by atoms with E-state index in [0.29, 0.717) is 0 Å². The second-order valence-corrected chi connectivity index (χ2v) is 3.60. The maximum absolute atomic E-state index is 10.6. The zero-order valence-electron chi connectivity index (χ0n) is 10.5. The second-order valence-electron chi connectivity index (χ2n) is 3.60. The normalized spacial score (nSPS) is 11.8. The number of carbonyl (C=O) groups is 2. The van der Waals surface area contributed by atoms with Gasteiger partial charge in [0, 0.05) is 6.92 Å². The smallest absolute Gasteiger partial charge is 0.339 e. The lowest BCUT2D eigenvalue weighted by Gasteiger charge is -2.03. The van der Waals surface area contributed by atoms with Crippen LogP contribution in [0.4, 0.5) is 0 Å². The Bertz CT molecular complexity index is 486. The average Bonchev–Trinajstić information content (AvgIpc) is 2.41. The fraction of sp³-hybridized carbons (Fsp3) is 0.143. The van der Waals surface area contributed by atoms with Gasteiger partial charge in [-0.25, -0.2) is 4.79 Å². The van der Waals surface area contributed by atoms with E-state index in [4.69, 9.17) is 5.11 Å². The third kappa shape index (κ3) is 5.54. The SMILES string of the molecule is C1=CNC=CC1.CC(=O)Oc1ccccc1C(=O)O. The van der Waals surface area contributed by atoms with Crippen LogP contribution < -0.4 is 10.1 Å². The van der Waals surface area contributed by atoms with E-state index in [0.717, 1.165) is 6.42 Å². The van der Waals surface area contributed by atoms with Gasteiger partial charge in [-0.1, -0.05) is 24.3 Å². The number of carboxylic acids is 1. The van der Waals surface area contributed by atoms with Gasteiger partial charge in [0.2, 0.25) is 0 Å². The Hall–Kier alpha value is -2.56. The van der Waals surface area contributed by atoms with Gasteiger partial charge in [-0.05, 0) is 31.0 Å². The third-order valence-corrected chi connectivity index (χ3v) is 2.07. The van der Waals surface area contributed by atoms with Crippen molar-refractivity contribution in [3.63, 3.8) is 0 Å². The maximum Gasteiger partial charge on any atom is 0.339 e. The number of para-hydroxylation sites is 1. The van der Waals surface area contributed by atoms with Crippen LogP contribution in [0.5, 0.6) is 5.75 Å².